The summed E-state index contributed by atoms with van der Waals surface area (Å²) >= 11 is 0. The van der Waals surface area contributed by atoms with Crippen molar-refractivity contribution in [3.8, 4) is 0 Å². The van der Waals surface area contributed by atoms with E-state index >= 15 is 0 Å². The topological polar surface area (TPSA) is 29.3 Å². The minimum atomic E-state index is 0.603. The predicted molar refractivity (Wildman–Crippen MR) is 63.7 cm³/mol. The van der Waals surface area contributed by atoms with Crippen molar-refractivity contribution in [3.05, 3.63) is 35.4 Å². The molecule has 0 aliphatic carbocycles. The lowest BCUT2D eigenvalue weighted by molar-refractivity contribution is 0.250. The molecule has 1 saturated heterocycles. The smallest absolute Gasteiger partial charge is 0.0237 e. The summed E-state index contributed by atoms with van der Waals surface area (Å²) in [7, 11) is 0. The third-order valence-corrected chi connectivity index (χ3v) is 3.28. The van der Waals surface area contributed by atoms with Crippen LogP contribution >= 0.6 is 0 Å². The maximum absolute atomic E-state index is 5.76. The van der Waals surface area contributed by atoms with Crippen LogP contribution in [0.4, 0.5) is 0 Å². The Morgan fingerprint density at radius 1 is 1.33 bits per heavy atom. The number of likely N-dealkylation sites (tertiary alicyclic amines) is 1. The molecular weight excluding hydrogens is 184 g/mol. The van der Waals surface area contributed by atoms with Crippen molar-refractivity contribution in [3.63, 3.8) is 0 Å². The fourth-order valence-corrected chi connectivity index (χ4v) is 2.30. The number of rotatable bonds is 3. The van der Waals surface area contributed by atoms with Crippen molar-refractivity contribution in [1.82, 2.24) is 4.90 Å². The Balaban J connectivity index is 1.99. The van der Waals surface area contributed by atoms with Gasteiger partial charge < -0.3 is 5.73 Å². The van der Waals surface area contributed by atoms with Crippen LogP contribution in [0.3, 0.4) is 0 Å². The molecule has 2 N–H and O–H groups in total. The molecule has 0 amide bonds. The molecule has 2 heteroatoms. The zero-order chi connectivity index (χ0) is 10.7. The second-order valence-electron chi connectivity index (χ2n) is 4.49. The molecule has 1 heterocycles. The van der Waals surface area contributed by atoms with Gasteiger partial charge in [-0.25, -0.2) is 0 Å². The largest absolute Gasteiger partial charge is 0.329 e. The van der Waals surface area contributed by atoms with E-state index in [4.69, 9.17) is 5.73 Å². The highest BCUT2D eigenvalue weighted by molar-refractivity contribution is 5.21. The van der Waals surface area contributed by atoms with Gasteiger partial charge in [0.25, 0.3) is 0 Å². The van der Waals surface area contributed by atoms with Crippen molar-refractivity contribution in [2.75, 3.05) is 13.1 Å². The molecular formula is C13H20N2. The van der Waals surface area contributed by atoms with E-state index < -0.39 is 0 Å². The van der Waals surface area contributed by atoms with E-state index in [1.807, 2.05) is 0 Å². The highest BCUT2D eigenvalue weighted by Crippen LogP contribution is 2.19. The van der Waals surface area contributed by atoms with Gasteiger partial charge in [0.05, 0.1) is 0 Å². The first-order valence-corrected chi connectivity index (χ1v) is 5.79. The fourth-order valence-electron chi connectivity index (χ4n) is 2.30. The van der Waals surface area contributed by atoms with Gasteiger partial charge in [-0.2, -0.15) is 0 Å². The quantitative estimate of drug-likeness (QED) is 0.815. The second-order valence-corrected chi connectivity index (χ2v) is 4.49. The summed E-state index contributed by atoms with van der Waals surface area (Å²) in [5, 5.41) is 0. The zero-order valence-electron chi connectivity index (χ0n) is 9.45. The number of nitrogens with zero attached hydrogens (tertiary/aromatic N) is 1. The molecule has 1 aromatic carbocycles. The van der Waals surface area contributed by atoms with E-state index in [0.29, 0.717) is 6.04 Å². The summed E-state index contributed by atoms with van der Waals surface area (Å²) in [5.41, 5.74) is 8.49. The van der Waals surface area contributed by atoms with Gasteiger partial charge in [0.1, 0.15) is 0 Å². The van der Waals surface area contributed by atoms with Gasteiger partial charge in [-0.05, 0) is 31.9 Å². The van der Waals surface area contributed by atoms with E-state index in [0.717, 1.165) is 13.1 Å². The van der Waals surface area contributed by atoms with Crippen molar-refractivity contribution < 1.29 is 0 Å². The number of nitrogens with two attached hydrogens (primary N) is 1. The molecule has 0 spiro atoms. The third kappa shape index (κ3) is 2.58. The summed E-state index contributed by atoms with van der Waals surface area (Å²) < 4.78 is 0. The molecule has 15 heavy (non-hydrogen) atoms. The van der Waals surface area contributed by atoms with Crippen LogP contribution in [0.25, 0.3) is 0 Å². The molecule has 1 aromatic rings. The number of benzene rings is 1. The lowest BCUT2D eigenvalue weighted by atomic mass is 10.1. The molecule has 2 rings (SSSR count). The van der Waals surface area contributed by atoms with Gasteiger partial charge in [0.15, 0.2) is 0 Å². The predicted octanol–water partition coefficient (Wildman–Crippen LogP) is 1.92. The van der Waals surface area contributed by atoms with Crippen LogP contribution < -0.4 is 5.73 Å². The summed E-state index contributed by atoms with van der Waals surface area (Å²) in [6.07, 6.45) is 2.57. The average molecular weight is 204 g/mol. The van der Waals surface area contributed by atoms with Crippen LogP contribution in [0, 0.1) is 6.92 Å². The average Bonchev–Trinajstić information content (AvgIpc) is 2.69. The normalized spacial score (nSPS) is 22.1. The van der Waals surface area contributed by atoms with Crippen LogP contribution in [-0.4, -0.2) is 24.0 Å². The first kappa shape index (κ1) is 10.7. The minimum absolute atomic E-state index is 0.603. The molecule has 2 nitrogen and oxygen atoms in total. The molecule has 0 aromatic heterocycles. The zero-order valence-corrected chi connectivity index (χ0v) is 9.45. The molecule has 0 saturated carbocycles. The minimum Gasteiger partial charge on any atom is -0.329 e. The van der Waals surface area contributed by atoms with Crippen molar-refractivity contribution in [2.24, 2.45) is 5.73 Å². The monoisotopic (exact) mass is 204 g/mol. The Morgan fingerprint density at radius 3 is 2.73 bits per heavy atom. The van der Waals surface area contributed by atoms with Gasteiger partial charge in [0.2, 0.25) is 0 Å². The second kappa shape index (κ2) is 4.77. The van der Waals surface area contributed by atoms with Gasteiger partial charge >= 0.3 is 0 Å². The van der Waals surface area contributed by atoms with E-state index in [1.54, 1.807) is 0 Å². The molecule has 1 fully saturated rings. The first-order valence-electron chi connectivity index (χ1n) is 5.79. The summed E-state index contributed by atoms with van der Waals surface area (Å²) in [6.45, 7) is 5.19. The number of hydrogen-bond acceptors (Lipinski definition) is 2. The molecule has 1 aliphatic rings. The molecule has 1 atom stereocenters. The third-order valence-electron chi connectivity index (χ3n) is 3.28. The summed E-state index contributed by atoms with van der Waals surface area (Å²) in [4.78, 5) is 2.50. The maximum atomic E-state index is 5.76. The Hall–Kier alpha value is -0.860. The van der Waals surface area contributed by atoms with Gasteiger partial charge in [-0.3, -0.25) is 4.90 Å². The van der Waals surface area contributed by atoms with Crippen LogP contribution in [0.5, 0.6) is 0 Å². The summed E-state index contributed by atoms with van der Waals surface area (Å²) in [5.74, 6) is 0. The van der Waals surface area contributed by atoms with E-state index in [2.05, 4.69) is 36.1 Å². The Bertz CT molecular complexity index is 305. The maximum Gasteiger partial charge on any atom is 0.0237 e. The summed E-state index contributed by atoms with van der Waals surface area (Å²) in [6, 6.07) is 9.42. The van der Waals surface area contributed by atoms with Crippen molar-refractivity contribution in [2.45, 2.75) is 32.4 Å². The Kier molecular flexibility index (Phi) is 3.39. The van der Waals surface area contributed by atoms with Gasteiger partial charge in [-0.15, -0.1) is 0 Å². The van der Waals surface area contributed by atoms with Crippen LogP contribution in [0.2, 0.25) is 0 Å². The lowest BCUT2D eigenvalue weighted by Crippen LogP contribution is -2.34. The van der Waals surface area contributed by atoms with E-state index in [9.17, 15) is 0 Å². The Labute approximate surface area is 92.1 Å². The lowest BCUT2D eigenvalue weighted by Gasteiger charge is -2.23. The van der Waals surface area contributed by atoms with Crippen molar-refractivity contribution in [1.29, 1.82) is 0 Å². The SMILES string of the molecule is Cc1ccc(CN2CCCC2CN)cc1. The van der Waals surface area contributed by atoms with Crippen LogP contribution in [0.15, 0.2) is 24.3 Å². The number of aryl methyl sites for hydroxylation is 1. The molecule has 82 valence electrons. The molecule has 1 unspecified atom stereocenters. The van der Waals surface area contributed by atoms with Gasteiger partial charge in [-0.1, -0.05) is 29.8 Å². The highest BCUT2D eigenvalue weighted by Gasteiger charge is 2.22. The fraction of sp³-hybridized carbons (Fsp3) is 0.538. The first-order chi connectivity index (χ1) is 7.29. The molecule has 0 radical (unpaired) electrons. The molecule has 1 aliphatic heterocycles. The highest BCUT2D eigenvalue weighted by atomic mass is 15.2. The Morgan fingerprint density at radius 2 is 2.07 bits per heavy atom. The van der Waals surface area contributed by atoms with Crippen LogP contribution in [-0.2, 0) is 6.54 Å². The van der Waals surface area contributed by atoms with Crippen molar-refractivity contribution >= 4 is 0 Å². The van der Waals surface area contributed by atoms with E-state index in [-0.39, 0.29) is 0 Å². The van der Waals surface area contributed by atoms with Gasteiger partial charge in [0, 0.05) is 19.1 Å². The van der Waals surface area contributed by atoms with Crippen LogP contribution in [0.1, 0.15) is 24.0 Å². The standard InChI is InChI=1S/C13H20N2/c1-11-4-6-12(7-5-11)10-15-8-2-3-13(15)9-14/h4-7,13H,2-3,8-10,14H2,1H3. The molecule has 0 bridgehead atoms. The number of hydrogen-bond donors (Lipinski definition) is 1. The van der Waals surface area contributed by atoms with E-state index in [1.165, 1.54) is 30.5 Å².